The van der Waals surface area contributed by atoms with Gasteiger partial charge in [0.1, 0.15) is 11.6 Å². The summed E-state index contributed by atoms with van der Waals surface area (Å²) in [7, 11) is 0. The molecule has 5 rings (SSSR count). The summed E-state index contributed by atoms with van der Waals surface area (Å²) in [5.41, 5.74) is 1.44. The largest absolute Gasteiger partial charge is 0.354 e. The molecule has 0 spiro atoms. The number of rotatable bonds is 6. The number of benzene rings is 5. The Hall–Kier alpha value is -3.38. The predicted octanol–water partition coefficient (Wildman–Crippen LogP) is 9.55. The molecule has 0 aromatic heterocycles. The van der Waals surface area contributed by atoms with Gasteiger partial charge in [-0.2, -0.15) is 0 Å². The average molecular weight is 548 g/mol. The maximum absolute atomic E-state index is 13.0. The monoisotopic (exact) mass is 547 g/mol. The molecule has 0 radical (unpaired) electrons. The van der Waals surface area contributed by atoms with E-state index in [-0.39, 0.29) is 17.4 Å². The highest BCUT2D eigenvalue weighted by Crippen LogP contribution is 2.36. The molecule has 0 fully saturated rings. The van der Waals surface area contributed by atoms with E-state index in [1.807, 2.05) is 66.7 Å². The van der Waals surface area contributed by atoms with Gasteiger partial charge < -0.3 is 0 Å². The normalized spacial score (nSPS) is 10.4. The van der Waals surface area contributed by atoms with Crippen molar-refractivity contribution in [1.82, 2.24) is 0 Å². The van der Waals surface area contributed by atoms with Crippen molar-refractivity contribution < 1.29 is 13.6 Å². The van der Waals surface area contributed by atoms with Gasteiger partial charge in [-0.05, 0) is 91.0 Å². The van der Waals surface area contributed by atoms with Gasteiger partial charge >= 0.3 is 5.78 Å². The minimum absolute atomic E-state index is 0.178. The van der Waals surface area contributed by atoms with Crippen molar-refractivity contribution in [1.29, 1.82) is 0 Å². The van der Waals surface area contributed by atoms with Gasteiger partial charge in [-0.15, -0.1) is 0 Å². The van der Waals surface area contributed by atoms with E-state index < -0.39 is 0 Å². The van der Waals surface area contributed by atoms with Gasteiger partial charge in [0.2, 0.25) is 0 Å². The summed E-state index contributed by atoms with van der Waals surface area (Å²) in [6, 6.07) is 37.5. The molecular weight excluding hydrogens is 526 g/mol. The first kappa shape index (κ1) is 26.7. The highest BCUT2D eigenvalue weighted by Gasteiger charge is 2.17. The molecule has 1 nitrogen and oxygen atoms in total. The Labute approximate surface area is 228 Å². The number of halogens is 3. The van der Waals surface area contributed by atoms with Crippen LogP contribution in [0.4, 0.5) is 8.78 Å². The van der Waals surface area contributed by atoms with Crippen LogP contribution in [0.25, 0.3) is 0 Å². The fourth-order valence-electron chi connectivity index (χ4n) is 3.25. The van der Waals surface area contributed by atoms with Gasteiger partial charge in [0.05, 0.1) is 16.1 Å². The van der Waals surface area contributed by atoms with E-state index in [1.165, 1.54) is 24.3 Å². The smallest absolute Gasteiger partial charge is 0.273 e. The molecule has 37 heavy (non-hydrogen) atoms. The molecule has 0 aliphatic heterocycles. The molecule has 0 aliphatic rings. The van der Waals surface area contributed by atoms with Gasteiger partial charge in [0.15, 0.2) is 0 Å². The van der Waals surface area contributed by atoms with Crippen LogP contribution in [0.5, 0.6) is 0 Å². The lowest BCUT2D eigenvalue weighted by Gasteiger charge is -2.07. The minimum atomic E-state index is -0.233. The van der Waals surface area contributed by atoms with Crippen LogP contribution in [0.2, 0.25) is 5.02 Å². The molecule has 6 heteroatoms. The lowest BCUT2D eigenvalue weighted by atomic mass is 10.0. The molecular formula is C31H22ClF2OS2+. The predicted molar refractivity (Wildman–Crippen MR) is 151 cm³/mol. The van der Waals surface area contributed by atoms with Gasteiger partial charge in [-0.1, -0.05) is 71.5 Å². The van der Waals surface area contributed by atoms with E-state index in [1.54, 1.807) is 59.9 Å². The molecule has 1 N–H and O–H groups in total. The van der Waals surface area contributed by atoms with Crippen LogP contribution in [-0.2, 0) is 0 Å². The first-order valence-corrected chi connectivity index (χ1v) is 13.3. The van der Waals surface area contributed by atoms with E-state index in [9.17, 15) is 13.6 Å². The van der Waals surface area contributed by atoms with Crippen molar-refractivity contribution >= 4 is 40.9 Å². The van der Waals surface area contributed by atoms with E-state index >= 15 is 0 Å². The van der Waals surface area contributed by atoms with Crippen LogP contribution in [0.15, 0.2) is 147 Å². The second-order valence-corrected chi connectivity index (χ2v) is 10.5. The third-order valence-corrected chi connectivity index (χ3v) is 7.61. The Morgan fingerprint density at radius 2 is 1.03 bits per heavy atom. The molecule has 0 saturated heterocycles. The Morgan fingerprint density at radius 1 is 0.541 bits per heavy atom. The first-order valence-electron chi connectivity index (χ1n) is 11.3. The second-order valence-electron chi connectivity index (χ2n) is 7.78. The average Bonchev–Trinajstić information content (AvgIpc) is 2.93. The summed E-state index contributed by atoms with van der Waals surface area (Å²) in [5, 5.41) is 0.588. The standard InChI is InChI=1S/C25H16ClFOS2.C6H5F/c26-23-16-18(25(28)17-4-2-1-3-5-17)6-15-24(23)30-22-13-11-21(12-14-22)29-20-9-7-19(27)8-10-20;7-6-4-2-1-3-5-6/h1-16H;1-5H/p+1. The topological polar surface area (TPSA) is 21.4 Å². The van der Waals surface area contributed by atoms with Gasteiger partial charge in [-0.3, -0.25) is 4.79 Å². The molecule has 0 amide bonds. The van der Waals surface area contributed by atoms with Crippen LogP contribution in [0.1, 0.15) is 11.1 Å². The van der Waals surface area contributed by atoms with Gasteiger partial charge in [0.25, 0.3) is 0 Å². The highest BCUT2D eigenvalue weighted by molar-refractivity contribution is 7.99. The van der Waals surface area contributed by atoms with E-state index in [0.29, 0.717) is 10.6 Å². The summed E-state index contributed by atoms with van der Waals surface area (Å²) < 4.78 is 24.9. The molecule has 0 bridgehead atoms. The Balaban J connectivity index is 0.000000396. The zero-order chi connectivity index (χ0) is 26.0. The molecule has 5 aromatic rings. The maximum atomic E-state index is 13.0. The molecule has 0 heterocycles. The number of carbonyl (C=O) groups excluding carboxylic acids is 1. The fraction of sp³-hybridized carbons (Fsp3) is 0. The van der Waals surface area contributed by atoms with Gasteiger partial charge in [0, 0.05) is 19.6 Å². The molecule has 0 atom stereocenters. The molecule has 5 aromatic carbocycles. The summed E-state index contributed by atoms with van der Waals surface area (Å²) in [5.74, 6) is -0.206. The van der Waals surface area contributed by atoms with Crippen LogP contribution >= 0.6 is 35.1 Å². The third-order valence-electron chi connectivity index (χ3n) is 5.09. The summed E-state index contributed by atoms with van der Waals surface area (Å²) in [6.07, 6.45) is 0. The molecule has 0 aliphatic carbocycles. The first-order chi connectivity index (χ1) is 18.0. The van der Waals surface area contributed by atoms with E-state index in [2.05, 4.69) is 0 Å². The molecule has 184 valence electrons. The quantitative estimate of drug-likeness (QED) is 0.156. The summed E-state index contributed by atoms with van der Waals surface area (Å²) >= 11 is 9.63. The zero-order valence-corrected chi connectivity index (χ0v) is 21.9. The van der Waals surface area contributed by atoms with Crippen LogP contribution in [-0.4, -0.2) is 10.6 Å². The van der Waals surface area contributed by atoms with Crippen LogP contribution < -0.4 is 0 Å². The second kappa shape index (κ2) is 13.2. The number of hydrogen-bond donors (Lipinski definition) is 0. The van der Waals surface area contributed by atoms with Crippen molar-refractivity contribution in [3.05, 3.63) is 155 Å². The van der Waals surface area contributed by atoms with E-state index in [0.717, 1.165) is 25.1 Å². The van der Waals surface area contributed by atoms with Crippen molar-refractivity contribution in [2.24, 2.45) is 0 Å². The Bertz CT molecular complexity index is 1440. The number of hydrogen-bond acceptors (Lipinski definition) is 2. The minimum Gasteiger partial charge on any atom is -0.273 e. The van der Waals surface area contributed by atoms with Crippen molar-refractivity contribution in [3.8, 4) is 0 Å². The zero-order valence-electron chi connectivity index (χ0n) is 19.5. The van der Waals surface area contributed by atoms with Crippen molar-refractivity contribution in [2.75, 3.05) is 0 Å². The Kier molecular flexibility index (Phi) is 9.55. The van der Waals surface area contributed by atoms with Crippen LogP contribution in [0, 0.1) is 11.6 Å². The SMILES string of the molecule is Fc1ccccc1.[OH+]=C(c1ccccc1)c1ccc(Sc2ccc(Sc3ccc(F)cc3)cc2)c(Cl)c1. The summed E-state index contributed by atoms with van der Waals surface area (Å²) in [6.45, 7) is 0. The number of ketones is 1. The molecule has 0 unspecified atom stereocenters. The maximum Gasteiger partial charge on any atom is 0.354 e. The lowest BCUT2D eigenvalue weighted by Crippen LogP contribution is -2.02. The van der Waals surface area contributed by atoms with E-state index in [4.69, 9.17) is 11.6 Å². The Morgan fingerprint density at radius 3 is 1.54 bits per heavy atom. The van der Waals surface area contributed by atoms with Crippen LogP contribution in [0.3, 0.4) is 0 Å². The molecule has 0 saturated carbocycles. The highest BCUT2D eigenvalue weighted by atomic mass is 35.5. The van der Waals surface area contributed by atoms with Crippen molar-refractivity contribution in [2.45, 2.75) is 19.6 Å². The van der Waals surface area contributed by atoms with Crippen molar-refractivity contribution in [3.63, 3.8) is 0 Å². The lowest BCUT2D eigenvalue weighted by molar-refractivity contribution is 0.626. The third kappa shape index (κ3) is 8.05. The fourth-order valence-corrected chi connectivity index (χ4v) is 5.18. The van der Waals surface area contributed by atoms with Gasteiger partial charge in [-0.25, -0.2) is 8.78 Å². The summed E-state index contributed by atoms with van der Waals surface area (Å²) in [4.78, 5) is 14.5.